The lowest BCUT2D eigenvalue weighted by atomic mass is 10.5. The molecule has 0 aliphatic carbocycles. The smallest absolute Gasteiger partial charge is 0.253 e. The van der Waals surface area contributed by atoms with Crippen LogP contribution in [-0.2, 0) is 4.74 Å². The van der Waals surface area contributed by atoms with Gasteiger partial charge < -0.3 is 15.5 Å². The van der Waals surface area contributed by atoms with Crippen molar-refractivity contribution in [2.45, 2.75) is 25.1 Å². The number of aromatic amines is 1. The minimum atomic E-state index is -0.227. The Hall–Kier alpha value is -1.01. The fourth-order valence-corrected chi connectivity index (χ4v) is 1.66. The molecule has 0 radical (unpaired) electrons. The number of H-pyrrole nitrogens is 1. The molecule has 0 saturated carbocycles. The van der Waals surface area contributed by atoms with E-state index in [4.69, 9.17) is 10.5 Å². The quantitative estimate of drug-likeness (QED) is 0.445. The van der Waals surface area contributed by atoms with E-state index < -0.39 is 0 Å². The highest BCUT2D eigenvalue weighted by atomic mass is 32.2. The van der Waals surface area contributed by atoms with Gasteiger partial charge in [-0.05, 0) is 13.8 Å². The lowest BCUT2D eigenvalue weighted by molar-refractivity contribution is 0.0920. The minimum absolute atomic E-state index is 0.221. The average Bonchev–Trinajstić information content (AvgIpc) is 2.10. The molecule has 84 valence electrons. The molecule has 0 amide bonds. The summed E-state index contributed by atoms with van der Waals surface area (Å²) in [5.41, 5.74) is 5.21. The van der Waals surface area contributed by atoms with Crippen LogP contribution in [0.4, 0.5) is 5.82 Å². The highest BCUT2D eigenvalue weighted by molar-refractivity contribution is 7.99. The summed E-state index contributed by atoms with van der Waals surface area (Å²) >= 11 is 1.42. The molecule has 0 spiro atoms. The van der Waals surface area contributed by atoms with Crippen LogP contribution in [0.5, 0.6) is 0 Å². The number of rotatable bonds is 5. The molecule has 6 heteroatoms. The van der Waals surface area contributed by atoms with Gasteiger partial charge in [-0.3, -0.25) is 4.79 Å². The molecule has 1 aromatic rings. The molecular weight excluding hydrogens is 214 g/mol. The fourth-order valence-electron chi connectivity index (χ4n) is 0.944. The van der Waals surface area contributed by atoms with E-state index in [2.05, 4.69) is 9.97 Å². The number of nitrogens with zero attached hydrogens (tertiary/aromatic N) is 1. The summed E-state index contributed by atoms with van der Waals surface area (Å²) in [5, 5.41) is 0.535. The summed E-state index contributed by atoms with van der Waals surface area (Å²) < 4.78 is 5.35. The molecule has 3 N–H and O–H groups in total. The second-order valence-corrected chi connectivity index (χ2v) is 4.33. The number of nitrogens with one attached hydrogen (secondary N) is 1. The number of hydrogen-bond donors (Lipinski definition) is 2. The van der Waals surface area contributed by atoms with Crippen LogP contribution in [0.3, 0.4) is 0 Å². The summed E-state index contributed by atoms with van der Waals surface area (Å²) in [4.78, 5) is 17.6. The van der Waals surface area contributed by atoms with Crippen molar-refractivity contribution in [1.82, 2.24) is 9.97 Å². The van der Waals surface area contributed by atoms with Crippen molar-refractivity contribution >= 4 is 17.6 Å². The van der Waals surface area contributed by atoms with Gasteiger partial charge in [0.25, 0.3) is 5.56 Å². The van der Waals surface area contributed by atoms with Crippen LogP contribution in [0, 0.1) is 0 Å². The third-order valence-electron chi connectivity index (χ3n) is 1.51. The zero-order valence-corrected chi connectivity index (χ0v) is 9.63. The van der Waals surface area contributed by atoms with E-state index in [0.717, 1.165) is 5.75 Å². The van der Waals surface area contributed by atoms with E-state index in [1.165, 1.54) is 17.8 Å². The minimum Gasteiger partial charge on any atom is -0.383 e. The topological polar surface area (TPSA) is 81.0 Å². The van der Waals surface area contributed by atoms with Crippen molar-refractivity contribution in [3.8, 4) is 0 Å². The van der Waals surface area contributed by atoms with Crippen LogP contribution in [0.25, 0.3) is 0 Å². The first kappa shape index (κ1) is 12.1. The fraction of sp³-hybridized carbons (Fsp3) is 0.556. The number of aromatic nitrogens is 2. The molecule has 0 aliphatic rings. The molecule has 0 aliphatic heterocycles. The molecule has 0 bridgehead atoms. The predicted molar refractivity (Wildman–Crippen MR) is 61.1 cm³/mol. The summed E-state index contributed by atoms with van der Waals surface area (Å²) in [6.45, 7) is 4.58. The first-order valence-corrected chi connectivity index (χ1v) is 5.67. The molecule has 1 heterocycles. The molecule has 5 nitrogen and oxygen atoms in total. The van der Waals surface area contributed by atoms with Gasteiger partial charge in [-0.2, -0.15) is 0 Å². The Morgan fingerprint density at radius 3 is 3.00 bits per heavy atom. The van der Waals surface area contributed by atoms with Crippen LogP contribution in [0.1, 0.15) is 13.8 Å². The normalized spacial score (nSPS) is 10.9. The van der Waals surface area contributed by atoms with E-state index >= 15 is 0 Å². The second-order valence-electron chi connectivity index (χ2n) is 3.24. The van der Waals surface area contributed by atoms with Gasteiger partial charge in [-0.15, -0.1) is 0 Å². The SMILES string of the molecule is CC(C)OCCSc1nc(N)cc(=O)[nH]1. The number of nitrogen functional groups attached to an aromatic ring is 1. The third-order valence-corrected chi connectivity index (χ3v) is 2.35. The average molecular weight is 229 g/mol. The first-order valence-electron chi connectivity index (χ1n) is 4.69. The van der Waals surface area contributed by atoms with Crippen molar-refractivity contribution in [2.75, 3.05) is 18.1 Å². The highest BCUT2D eigenvalue weighted by Crippen LogP contribution is 2.11. The van der Waals surface area contributed by atoms with Crippen LogP contribution in [0.15, 0.2) is 16.0 Å². The van der Waals surface area contributed by atoms with Gasteiger partial charge in [-0.25, -0.2) is 4.98 Å². The third kappa shape index (κ3) is 4.85. The number of thioether (sulfide) groups is 1. The van der Waals surface area contributed by atoms with Crippen molar-refractivity contribution < 1.29 is 4.74 Å². The van der Waals surface area contributed by atoms with Gasteiger partial charge in [0.1, 0.15) is 5.82 Å². The number of anilines is 1. The molecule has 0 saturated heterocycles. The standard InChI is InChI=1S/C9H15N3O2S/c1-6(2)14-3-4-15-9-11-7(10)5-8(13)12-9/h5-6H,3-4H2,1-2H3,(H3,10,11,12,13). The van der Waals surface area contributed by atoms with Gasteiger partial charge in [0, 0.05) is 11.8 Å². The zero-order chi connectivity index (χ0) is 11.3. The maximum Gasteiger partial charge on any atom is 0.253 e. The van der Waals surface area contributed by atoms with Gasteiger partial charge in [-0.1, -0.05) is 11.8 Å². The number of ether oxygens (including phenoxy) is 1. The van der Waals surface area contributed by atoms with Crippen LogP contribution >= 0.6 is 11.8 Å². The lowest BCUT2D eigenvalue weighted by Crippen LogP contribution is -2.10. The largest absolute Gasteiger partial charge is 0.383 e. The molecular formula is C9H15N3O2S. The van der Waals surface area contributed by atoms with Crippen molar-refractivity contribution in [2.24, 2.45) is 0 Å². The van der Waals surface area contributed by atoms with E-state index in [9.17, 15) is 4.79 Å². The Kier molecular flexibility index (Phi) is 4.64. The van der Waals surface area contributed by atoms with Crippen molar-refractivity contribution in [1.29, 1.82) is 0 Å². The van der Waals surface area contributed by atoms with Gasteiger partial charge in [0.05, 0.1) is 12.7 Å². The predicted octanol–water partition coefficient (Wildman–Crippen LogP) is 0.869. The summed E-state index contributed by atoms with van der Waals surface area (Å²) in [6.07, 6.45) is 0.221. The monoisotopic (exact) mass is 229 g/mol. The van der Waals surface area contributed by atoms with E-state index in [1.807, 2.05) is 13.8 Å². The van der Waals surface area contributed by atoms with Gasteiger partial charge in [0.15, 0.2) is 5.16 Å². The molecule has 0 atom stereocenters. The Morgan fingerprint density at radius 2 is 2.40 bits per heavy atom. The Labute approximate surface area is 92.4 Å². The molecule has 1 aromatic heterocycles. The first-order chi connectivity index (χ1) is 7.08. The van der Waals surface area contributed by atoms with Crippen molar-refractivity contribution in [3.63, 3.8) is 0 Å². The van der Waals surface area contributed by atoms with Crippen molar-refractivity contribution in [3.05, 3.63) is 16.4 Å². The maximum absolute atomic E-state index is 11.0. The Balaban J connectivity index is 2.40. The highest BCUT2D eigenvalue weighted by Gasteiger charge is 2.00. The van der Waals surface area contributed by atoms with Crippen LogP contribution < -0.4 is 11.3 Å². The summed E-state index contributed by atoms with van der Waals surface area (Å²) in [5.74, 6) is 0.982. The van der Waals surface area contributed by atoms with E-state index in [1.54, 1.807) is 0 Å². The summed E-state index contributed by atoms with van der Waals surface area (Å²) in [6, 6.07) is 1.26. The Morgan fingerprint density at radius 1 is 1.67 bits per heavy atom. The van der Waals surface area contributed by atoms with Crippen LogP contribution in [0.2, 0.25) is 0 Å². The Bertz CT molecular complexity index is 365. The molecule has 1 rings (SSSR count). The molecule has 0 aromatic carbocycles. The van der Waals surface area contributed by atoms with E-state index in [-0.39, 0.29) is 17.5 Å². The van der Waals surface area contributed by atoms with Gasteiger partial charge in [0.2, 0.25) is 0 Å². The molecule has 0 fully saturated rings. The van der Waals surface area contributed by atoms with Crippen LogP contribution in [-0.4, -0.2) is 28.4 Å². The maximum atomic E-state index is 11.0. The molecule has 15 heavy (non-hydrogen) atoms. The van der Waals surface area contributed by atoms with Gasteiger partial charge >= 0.3 is 0 Å². The molecule has 0 unspecified atom stereocenters. The number of hydrogen-bond acceptors (Lipinski definition) is 5. The summed E-state index contributed by atoms with van der Waals surface area (Å²) in [7, 11) is 0. The lowest BCUT2D eigenvalue weighted by Gasteiger charge is -2.06. The zero-order valence-electron chi connectivity index (χ0n) is 8.82. The van der Waals surface area contributed by atoms with E-state index in [0.29, 0.717) is 11.8 Å². The second kappa shape index (κ2) is 5.77. The number of nitrogens with two attached hydrogens (primary N) is 1.